The summed E-state index contributed by atoms with van der Waals surface area (Å²) in [4.78, 5) is 6.30. The molecule has 2 bridgehead atoms. The van der Waals surface area contributed by atoms with Gasteiger partial charge in [-0.3, -0.25) is 0 Å². The summed E-state index contributed by atoms with van der Waals surface area (Å²) in [6.45, 7) is 4.34. The Hall–Kier alpha value is -0.430. The van der Waals surface area contributed by atoms with Crippen molar-refractivity contribution >= 4 is 28.8 Å². The second-order valence-corrected chi connectivity index (χ2v) is 7.50. The molecule has 0 aromatic carbocycles. The summed E-state index contributed by atoms with van der Waals surface area (Å²) in [5, 5.41) is 6.33. The third-order valence-electron chi connectivity index (χ3n) is 4.36. The van der Waals surface area contributed by atoms with Gasteiger partial charge in [-0.1, -0.05) is 22.9 Å². The van der Waals surface area contributed by atoms with E-state index in [1.165, 1.54) is 32.4 Å². The molecule has 118 valence electrons. The van der Waals surface area contributed by atoms with Gasteiger partial charge >= 0.3 is 0 Å². The molecule has 1 aromatic rings. The Bertz CT molecular complexity index is 470. The van der Waals surface area contributed by atoms with E-state index >= 15 is 0 Å². The van der Waals surface area contributed by atoms with Crippen LogP contribution >= 0.6 is 22.9 Å². The Kier molecular flexibility index (Phi) is 5.32. The molecule has 2 saturated heterocycles. The second-order valence-electron chi connectivity index (χ2n) is 5.95. The standard InChI is InChI=1S/C14H22ClFN4S/c15-12-13(19-14(16)21-12)17-6-1-2-7-20-8-5-10-3-4-11(9-20)18-10/h10-11,17-18H,1-9H2. The van der Waals surface area contributed by atoms with Crippen molar-refractivity contribution in [3.8, 4) is 0 Å². The largest absolute Gasteiger partial charge is 0.368 e. The van der Waals surface area contributed by atoms with Crippen molar-refractivity contribution in [3.05, 3.63) is 9.60 Å². The van der Waals surface area contributed by atoms with Crippen molar-refractivity contribution in [2.24, 2.45) is 0 Å². The van der Waals surface area contributed by atoms with Crippen molar-refractivity contribution in [1.82, 2.24) is 15.2 Å². The minimum atomic E-state index is -0.477. The first-order valence-corrected chi connectivity index (χ1v) is 8.94. The average molecular weight is 333 g/mol. The molecular formula is C14H22ClFN4S. The quantitative estimate of drug-likeness (QED) is 0.786. The number of hydrogen-bond acceptors (Lipinski definition) is 5. The lowest BCUT2D eigenvalue weighted by molar-refractivity contribution is 0.255. The van der Waals surface area contributed by atoms with Gasteiger partial charge in [-0.15, -0.1) is 0 Å². The van der Waals surface area contributed by atoms with Crippen LogP contribution in [0.2, 0.25) is 4.34 Å². The zero-order valence-corrected chi connectivity index (χ0v) is 13.6. The van der Waals surface area contributed by atoms with E-state index in [0.29, 0.717) is 16.2 Å². The summed E-state index contributed by atoms with van der Waals surface area (Å²) in [5.41, 5.74) is 0. The topological polar surface area (TPSA) is 40.2 Å². The van der Waals surface area contributed by atoms with Crippen LogP contribution in [0.25, 0.3) is 0 Å². The Balaban J connectivity index is 1.32. The maximum Gasteiger partial charge on any atom is 0.272 e. The molecule has 0 aliphatic carbocycles. The first-order valence-electron chi connectivity index (χ1n) is 7.75. The highest BCUT2D eigenvalue weighted by atomic mass is 35.5. The van der Waals surface area contributed by atoms with Gasteiger partial charge in [0, 0.05) is 25.2 Å². The van der Waals surface area contributed by atoms with Crippen molar-refractivity contribution < 1.29 is 4.39 Å². The molecule has 0 radical (unpaired) electrons. The predicted molar refractivity (Wildman–Crippen MR) is 85.8 cm³/mol. The molecule has 3 rings (SSSR count). The smallest absolute Gasteiger partial charge is 0.272 e. The first-order chi connectivity index (χ1) is 10.2. The van der Waals surface area contributed by atoms with Crippen LogP contribution in [0.4, 0.5) is 10.2 Å². The number of rotatable bonds is 6. The fourth-order valence-corrected chi connectivity index (χ4v) is 4.07. The lowest BCUT2D eigenvalue weighted by atomic mass is 10.1. The maximum atomic E-state index is 12.9. The predicted octanol–water partition coefficient (Wildman–Crippen LogP) is 2.95. The van der Waals surface area contributed by atoms with Crippen LogP contribution in [0.5, 0.6) is 0 Å². The van der Waals surface area contributed by atoms with Crippen LogP contribution in [0.3, 0.4) is 0 Å². The van der Waals surface area contributed by atoms with E-state index in [0.717, 1.165) is 43.3 Å². The average Bonchev–Trinajstić information content (AvgIpc) is 2.94. The van der Waals surface area contributed by atoms with Crippen molar-refractivity contribution in [1.29, 1.82) is 0 Å². The molecule has 0 spiro atoms. The number of aromatic nitrogens is 1. The number of anilines is 1. The lowest BCUT2D eigenvalue weighted by Gasteiger charge is -2.23. The maximum absolute atomic E-state index is 12.9. The molecule has 1 aromatic heterocycles. The molecule has 7 heteroatoms. The summed E-state index contributed by atoms with van der Waals surface area (Å²) < 4.78 is 13.3. The molecule has 2 aliphatic heterocycles. The summed E-state index contributed by atoms with van der Waals surface area (Å²) in [5.74, 6) is 0.482. The Morgan fingerprint density at radius 3 is 3.00 bits per heavy atom. The Labute approximate surface area is 134 Å². The van der Waals surface area contributed by atoms with Gasteiger partial charge < -0.3 is 15.5 Å². The molecule has 2 fully saturated rings. The Morgan fingerprint density at radius 2 is 2.19 bits per heavy atom. The van der Waals surface area contributed by atoms with Gasteiger partial charge in [0.2, 0.25) is 0 Å². The number of unbranched alkanes of at least 4 members (excludes halogenated alkanes) is 1. The van der Waals surface area contributed by atoms with E-state index in [2.05, 4.69) is 20.5 Å². The SMILES string of the molecule is Fc1nc(NCCCCN2CCC3CCC(C2)N3)c(Cl)s1. The van der Waals surface area contributed by atoms with Gasteiger partial charge in [-0.2, -0.15) is 9.37 Å². The van der Waals surface area contributed by atoms with Gasteiger partial charge in [-0.05, 0) is 45.2 Å². The number of likely N-dealkylation sites (tertiary alicyclic amines) is 1. The van der Waals surface area contributed by atoms with Gasteiger partial charge in [-0.25, -0.2) is 0 Å². The van der Waals surface area contributed by atoms with Crippen LogP contribution in [0.15, 0.2) is 0 Å². The minimum Gasteiger partial charge on any atom is -0.368 e. The monoisotopic (exact) mass is 332 g/mol. The highest BCUT2D eigenvalue weighted by Crippen LogP contribution is 2.27. The molecule has 0 saturated carbocycles. The summed E-state index contributed by atoms with van der Waals surface area (Å²) in [6.07, 6.45) is 6.16. The van der Waals surface area contributed by atoms with Crippen molar-refractivity contribution in [2.45, 2.75) is 44.2 Å². The fourth-order valence-electron chi connectivity index (χ4n) is 3.27. The zero-order chi connectivity index (χ0) is 14.7. The van der Waals surface area contributed by atoms with Crippen LogP contribution in [0, 0.1) is 5.26 Å². The molecule has 21 heavy (non-hydrogen) atoms. The van der Waals surface area contributed by atoms with Gasteiger partial charge in [0.05, 0.1) is 0 Å². The summed E-state index contributed by atoms with van der Waals surface area (Å²) in [6, 6.07) is 1.45. The Morgan fingerprint density at radius 1 is 1.33 bits per heavy atom. The van der Waals surface area contributed by atoms with E-state index in [9.17, 15) is 4.39 Å². The van der Waals surface area contributed by atoms with Crippen LogP contribution in [0.1, 0.15) is 32.1 Å². The number of nitrogens with zero attached hydrogens (tertiary/aromatic N) is 2. The number of halogens is 2. The highest BCUT2D eigenvalue weighted by molar-refractivity contribution is 7.15. The molecular weight excluding hydrogens is 311 g/mol. The highest BCUT2D eigenvalue weighted by Gasteiger charge is 2.28. The van der Waals surface area contributed by atoms with E-state index < -0.39 is 5.26 Å². The molecule has 4 nitrogen and oxygen atoms in total. The fraction of sp³-hybridized carbons (Fsp3) is 0.786. The summed E-state index contributed by atoms with van der Waals surface area (Å²) in [7, 11) is 0. The van der Waals surface area contributed by atoms with Crippen LogP contribution in [-0.4, -0.2) is 48.1 Å². The van der Waals surface area contributed by atoms with Crippen molar-refractivity contribution in [3.63, 3.8) is 0 Å². The second kappa shape index (κ2) is 7.22. The lowest BCUT2D eigenvalue weighted by Crippen LogP contribution is -2.35. The van der Waals surface area contributed by atoms with E-state index in [1.807, 2.05) is 0 Å². The van der Waals surface area contributed by atoms with Gasteiger partial charge in [0.25, 0.3) is 5.26 Å². The van der Waals surface area contributed by atoms with Crippen LogP contribution < -0.4 is 10.6 Å². The first kappa shape index (κ1) is 15.5. The molecule has 0 amide bonds. The van der Waals surface area contributed by atoms with E-state index in [-0.39, 0.29) is 0 Å². The number of thiazole rings is 1. The normalized spacial score (nSPS) is 26.0. The molecule has 2 atom stereocenters. The van der Waals surface area contributed by atoms with E-state index in [4.69, 9.17) is 11.6 Å². The van der Waals surface area contributed by atoms with E-state index in [1.54, 1.807) is 0 Å². The minimum absolute atomic E-state index is 0.405. The molecule has 2 unspecified atom stereocenters. The van der Waals surface area contributed by atoms with Crippen LogP contribution in [-0.2, 0) is 0 Å². The zero-order valence-electron chi connectivity index (χ0n) is 12.1. The van der Waals surface area contributed by atoms with Crippen molar-refractivity contribution in [2.75, 3.05) is 31.5 Å². The molecule has 2 aliphatic rings. The number of nitrogens with one attached hydrogen (secondary N) is 2. The summed E-state index contributed by atoms with van der Waals surface area (Å²) >= 11 is 6.75. The number of fused-ring (bicyclic) bond motifs is 2. The number of hydrogen-bond donors (Lipinski definition) is 2. The molecule has 3 heterocycles. The van der Waals surface area contributed by atoms with Gasteiger partial charge in [0.15, 0.2) is 5.82 Å². The van der Waals surface area contributed by atoms with Gasteiger partial charge in [0.1, 0.15) is 4.34 Å². The third-order valence-corrected chi connectivity index (χ3v) is 5.40. The third kappa shape index (κ3) is 4.28. The molecule has 2 N–H and O–H groups in total.